The minimum absolute atomic E-state index is 0.0287. The number of hydrogen-bond acceptors (Lipinski definition) is 5. The van der Waals surface area contributed by atoms with E-state index in [2.05, 4.69) is 4.72 Å². The molecule has 0 aromatic heterocycles. The lowest BCUT2D eigenvalue weighted by Crippen LogP contribution is -2.36. The van der Waals surface area contributed by atoms with Crippen LogP contribution in [0.15, 0.2) is 24.3 Å². The van der Waals surface area contributed by atoms with Crippen LogP contribution in [0.5, 0.6) is 11.5 Å². The first-order valence-electron chi connectivity index (χ1n) is 4.37. The molecule has 0 saturated carbocycles. The lowest BCUT2D eigenvalue weighted by atomic mass is 10.2. The molecule has 0 saturated heterocycles. The van der Waals surface area contributed by atoms with E-state index in [4.69, 9.17) is 14.6 Å². The SMILES string of the molecule is NSNC[C@H]1COc2ccccc2O1. The number of hydrogen-bond donors (Lipinski definition) is 2. The molecule has 1 aromatic carbocycles. The van der Waals surface area contributed by atoms with Gasteiger partial charge in [0.1, 0.15) is 12.7 Å². The van der Waals surface area contributed by atoms with Gasteiger partial charge in [-0.3, -0.25) is 5.14 Å². The number of nitrogens with two attached hydrogens (primary N) is 1. The van der Waals surface area contributed by atoms with Gasteiger partial charge in [0.15, 0.2) is 11.5 Å². The van der Waals surface area contributed by atoms with Gasteiger partial charge in [0.2, 0.25) is 0 Å². The van der Waals surface area contributed by atoms with Gasteiger partial charge in [0, 0.05) is 18.7 Å². The van der Waals surface area contributed by atoms with Crippen LogP contribution in [0.4, 0.5) is 0 Å². The zero-order chi connectivity index (χ0) is 9.80. The minimum atomic E-state index is 0.0287. The van der Waals surface area contributed by atoms with E-state index >= 15 is 0 Å². The molecule has 0 fully saturated rings. The Kier molecular flexibility index (Phi) is 3.13. The summed E-state index contributed by atoms with van der Waals surface area (Å²) in [6, 6.07) is 7.65. The second-order valence-electron chi connectivity index (χ2n) is 2.96. The van der Waals surface area contributed by atoms with Gasteiger partial charge in [-0.25, -0.2) is 4.72 Å². The van der Waals surface area contributed by atoms with Crippen LogP contribution in [0.2, 0.25) is 0 Å². The Balaban J connectivity index is 1.99. The highest BCUT2D eigenvalue weighted by Crippen LogP contribution is 2.30. The predicted octanol–water partition coefficient (Wildman–Crippen LogP) is 0.938. The average Bonchev–Trinajstić information content (AvgIpc) is 2.26. The summed E-state index contributed by atoms with van der Waals surface area (Å²) in [5.41, 5.74) is 0. The maximum atomic E-state index is 5.68. The van der Waals surface area contributed by atoms with E-state index < -0.39 is 0 Å². The number of ether oxygens (including phenoxy) is 2. The molecule has 1 aliphatic rings. The molecule has 0 spiro atoms. The summed E-state index contributed by atoms with van der Waals surface area (Å²) in [5.74, 6) is 1.61. The third-order valence-corrected chi connectivity index (χ3v) is 2.30. The molecule has 76 valence electrons. The summed E-state index contributed by atoms with van der Waals surface area (Å²) in [7, 11) is 0. The molecule has 0 bridgehead atoms. The fourth-order valence-electron chi connectivity index (χ4n) is 1.30. The highest BCUT2D eigenvalue weighted by molar-refractivity contribution is 7.95. The Labute approximate surface area is 87.0 Å². The highest BCUT2D eigenvalue weighted by Gasteiger charge is 2.19. The van der Waals surface area contributed by atoms with Crippen molar-refractivity contribution in [3.05, 3.63) is 24.3 Å². The number of para-hydroxylation sites is 2. The Morgan fingerprint density at radius 2 is 2.21 bits per heavy atom. The van der Waals surface area contributed by atoms with Crippen LogP contribution in [-0.2, 0) is 0 Å². The van der Waals surface area contributed by atoms with Crippen molar-refractivity contribution in [1.82, 2.24) is 4.72 Å². The monoisotopic (exact) mass is 212 g/mol. The molecule has 1 aromatic rings. The van der Waals surface area contributed by atoms with Crippen molar-refractivity contribution in [3.63, 3.8) is 0 Å². The molecule has 1 heterocycles. The van der Waals surface area contributed by atoms with Gasteiger partial charge < -0.3 is 9.47 Å². The molecule has 0 amide bonds. The summed E-state index contributed by atoms with van der Waals surface area (Å²) >= 11 is 1.09. The van der Waals surface area contributed by atoms with E-state index in [1.54, 1.807) is 0 Å². The van der Waals surface area contributed by atoms with Gasteiger partial charge in [-0.2, -0.15) is 0 Å². The third-order valence-electron chi connectivity index (χ3n) is 1.96. The second kappa shape index (κ2) is 4.54. The van der Waals surface area contributed by atoms with Crippen molar-refractivity contribution in [2.24, 2.45) is 5.14 Å². The van der Waals surface area contributed by atoms with E-state index in [0.29, 0.717) is 13.2 Å². The first kappa shape index (κ1) is 9.64. The zero-order valence-electron chi connectivity index (χ0n) is 7.60. The second-order valence-corrected chi connectivity index (χ2v) is 3.49. The maximum absolute atomic E-state index is 5.68. The van der Waals surface area contributed by atoms with Gasteiger partial charge in [-0.05, 0) is 12.1 Å². The number of fused-ring (bicyclic) bond motifs is 1. The van der Waals surface area contributed by atoms with Gasteiger partial charge in [-0.15, -0.1) is 0 Å². The minimum Gasteiger partial charge on any atom is -0.486 e. The fourth-order valence-corrected chi connectivity index (χ4v) is 1.59. The van der Waals surface area contributed by atoms with Crippen LogP contribution in [0, 0.1) is 0 Å². The molecule has 1 aliphatic heterocycles. The molecular formula is C9H12N2O2S. The molecule has 1 atom stereocenters. The Morgan fingerprint density at radius 1 is 1.43 bits per heavy atom. The van der Waals surface area contributed by atoms with Gasteiger partial charge >= 0.3 is 0 Å². The topological polar surface area (TPSA) is 56.5 Å². The molecule has 0 radical (unpaired) electrons. The lowest BCUT2D eigenvalue weighted by molar-refractivity contribution is 0.0948. The Hall–Kier alpha value is -0.910. The number of rotatable bonds is 3. The summed E-state index contributed by atoms with van der Waals surface area (Å²) in [4.78, 5) is 0. The van der Waals surface area contributed by atoms with E-state index in [0.717, 1.165) is 23.6 Å². The van der Waals surface area contributed by atoms with E-state index in [1.165, 1.54) is 0 Å². The maximum Gasteiger partial charge on any atom is 0.161 e. The Bertz CT molecular complexity index is 309. The van der Waals surface area contributed by atoms with E-state index in [9.17, 15) is 0 Å². The lowest BCUT2D eigenvalue weighted by Gasteiger charge is -2.26. The Morgan fingerprint density at radius 3 is 3.00 bits per heavy atom. The van der Waals surface area contributed by atoms with Crippen LogP contribution in [0.25, 0.3) is 0 Å². The van der Waals surface area contributed by atoms with Crippen molar-refractivity contribution in [3.8, 4) is 11.5 Å². The van der Waals surface area contributed by atoms with Crippen molar-refractivity contribution < 1.29 is 9.47 Å². The standard InChI is InChI=1S/C9H12N2O2S/c10-14-11-5-7-6-12-8-3-1-2-4-9(8)13-7/h1-4,7,11H,5-6,10H2/t7-/m0/s1. The molecule has 14 heavy (non-hydrogen) atoms. The first-order valence-corrected chi connectivity index (χ1v) is 5.25. The molecule has 4 nitrogen and oxygen atoms in total. The molecule has 2 rings (SSSR count). The van der Waals surface area contributed by atoms with Gasteiger partial charge in [-0.1, -0.05) is 12.1 Å². The average molecular weight is 212 g/mol. The summed E-state index contributed by atoms with van der Waals surface area (Å²) < 4.78 is 14.1. The summed E-state index contributed by atoms with van der Waals surface area (Å²) in [6.07, 6.45) is 0.0287. The smallest absolute Gasteiger partial charge is 0.161 e. The van der Waals surface area contributed by atoms with E-state index in [1.807, 2.05) is 24.3 Å². The van der Waals surface area contributed by atoms with Gasteiger partial charge in [0.25, 0.3) is 0 Å². The largest absolute Gasteiger partial charge is 0.486 e. The van der Waals surface area contributed by atoms with Crippen LogP contribution in [0.3, 0.4) is 0 Å². The van der Waals surface area contributed by atoms with Crippen molar-refractivity contribution >= 4 is 12.1 Å². The normalized spacial score (nSPS) is 19.4. The van der Waals surface area contributed by atoms with E-state index in [-0.39, 0.29) is 6.10 Å². The summed E-state index contributed by atoms with van der Waals surface area (Å²) in [5, 5.41) is 5.25. The highest BCUT2D eigenvalue weighted by atomic mass is 32.2. The number of benzene rings is 1. The molecule has 0 unspecified atom stereocenters. The fraction of sp³-hybridized carbons (Fsp3) is 0.333. The molecule has 5 heteroatoms. The predicted molar refractivity (Wildman–Crippen MR) is 56.1 cm³/mol. The molecular weight excluding hydrogens is 200 g/mol. The van der Waals surface area contributed by atoms with Crippen LogP contribution in [0.1, 0.15) is 0 Å². The van der Waals surface area contributed by atoms with Crippen molar-refractivity contribution in [1.29, 1.82) is 0 Å². The first-order chi connectivity index (χ1) is 6.90. The van der Waals surface area contributed by atoms with Gasteiger partial charge in [0.05, 0.1) is 0 Å². The van der Waals surface area contributed by atoms with Crippen molar-refractivity contribution in [2.45, 2.75) is 6.10 Å². The van der Waals surface area contributed by atoms with Crippen LogP contribution in [-0.4, -0.2) is 19.3 Å². The summed E-state index contributed by atoms with van der Waals surface area (Å²) in [6.45, 7) is 1.24. The molecule has 3 N–H and O–H groups in total. The van der Waals surface area contributed by atoms with Crippen LogP contribution < -0.4 is 19.3 Å². The van der Waals surface area contributed by atoms with Crippen molar-refractivity contribution in [2.75, 3.05) is 13.2 Å². The quantitative estimate of drug-likeness (QED) is 0.730. The number of nitrogens with one attached hydrogen (secondary N) is 1. The molecule has 0 aliphatic carbocycles. The third kappa shape index (κ3) is 2.12. The van der Waals surface area contributed by atoms with Crippen LogP contribution >= 0.6 is 12.1 Å². The zero-order valence-corrected chi connectivity index (χ0v) is 8.42.